The molecule has 0 saturated heterocycles. The number of anilines is 1. The van der Waals surface area contributed by atoms with E-state index in [-0.39, 0.29) is 6.61 Å². The van der Waals surface area contributed by atoms with Crippen LogP contribution in [0.3, 0.4) is 0 Å². The maximum absolute atomic E-state index is 13.4. The highest BCUT2D eigenvalue weighted by Crippen LogP contribution is 2.30. The normalized spacial score (nSPS) is 16.7. The fraction of sp³-hybridized carbons (Fsp3) is 0.207. The van der Waals surface area contributed by atoms with E-state index in [2.05, 4.69) is 16.9 Å². The third kappa shape index (κ3) is 6.14. The molecule has 0 saturated carbocycles. The van der Waals surface area contributed by atoms with Gasteiger partial charge in [-0.2, -0.15) is 0 Å². The second kappa shape index (κ2) is 12.0. The van der Waals surface area contributed by atoms with Crippen molar-refractivity contribution in [2.45, 2.75) is 18.9 Å². The first kappa shape index (κ1) is 26.3. The van der Waals surface area contributed by atoms with Gasteiger partial charge in [-0.05, 0) is 23.8 Å². The zero-order chi connectivity index (χ0) is 26.4. The molecule has 1 aliphatic heterocycles. The second-order valence-electron chi connectivity index (χ2n) is 8.64. The molecule has 1 heterocycles. The highest BCUT2D eigenvalue weighted by molar-refractivity contribution is 6.32. The topological polar surface area (TPSA) is 91.2 Å². The number of hydrogen-bond donors (Lipinski definition) is 2. The Morgan fingerprint density at radius 3 is 2.51 bits per heavy atom. The summed E-state index contributed by atoms with van der Waals surface area (Å²) in [5, 5.41) is 13.8. The fourth-order valence-electron chi connectivity index (χ4n) is 4.11. The van der Waals surface area contributed by atoms with E-state index in [0.717, 1.165) is 11.1 Å². The Morgan fingerprint density at radius 2 is 1.84 bits per heavy atom. The first-order valence-corrected chi connectivity index (χ1v) is 12.2. The van der Waals surface area contributed by atoms with Gasteiger partial charge < -0.3 is 20.1 Å². The number of aliphatic hydroxyl groups is 1. The molecule has 2 N–H and O–H groups in total. The van der Waals surface area contributed by atoms with Crippen LogP contribution in [0.4, 0.5) is 5.69 Å². The van der Waals surface area contributed by atoms with Crippen molar-refractivity contribution in [1.82, 2.24) is 5.32 Å². The van der Waals surface area contributed by atoms with Gasteiger partial charge in [0.05, 0.1) is 36.6 Å². The van der Waals surface area contributed by atoms with E-state index >= 15 is 0 Å². The van der Waals surface area contributed by atoms with E-state index in [4.69, 9.17) is 16.3 Å². The lowest BCUT2D eigenvalue weighted by molar-refractivity contribution is -0.132. The van der Waals surface area contributed by atoms with Crippen molar-refractivity contribution in [3.63, 3.8) is 0 Å². The monoisotopic (exact) mass is 517 g/mol. The van der Waals surface area contributed by atoms with Crippen LogP contribution in [0.25, 0.3) is 0 Å². The van der Waals surface area contributed by atoms with Gasteiger partial charge in [0.25, 0.3) is 5.91 Å². The van der Waals surface area contributed by atoms with E-state index in [1.807, 2.05) is 60.7 Å². The van der Waals surface area contributed by atoms with Gasteiger partial charge in [-0.1, -0.05) is 78.3 Å². The third-order valence-electron chi connectivity index (χ3n) is 6.10. The average molecular weight is 518 g/mol. The molecule has 3 atom stereocenters. The van der Waals surface area contributed by atoms with E-state index in [1.165, 1.54) is 11.0 Å². The lowest BCUT2D eigenvalue weighted by Gasteiger charge is -2.24. The molecule has 3 aromatic carbocycles. The molecule has 1 unspecified atom stereocenters. The highest BCUT2D eigenvalue weighted by atomic mass is 35.5. The standard InChI is InChI=1S/C29H28ClN3O4/c1-3-22(25(34)18-37-17-19-10-6-4-7-11-19)28(35)32-27-29(36)33(2)24-15-14-21(30)16-23(24)26(31-27)20-12-8-5-9-13-20/h3-16,22,25,27,34H,1,17-18H2,2H3,(H,32,35)/t22-,25-,27?/m1/s1. The Hall–Kier alpha value is -3.78. The van der Waals surface area contributed by atoms with E-state index in [0.29, 0.717) is 28.6 Å². The lowest BCUT2D eigenvalue weighted by Crippen LogP contribution is -2.49. The number of nitrogens with zero attached hydrogens (tertiary/aromatic N) is 2. The van der Waals surface area contributed by atoms with Gasteiger partial charge in [0.1, 0.15) is 0 Å². The molecule has 2 amide bonds. The van der Waals surface area contributed by atoms with Gasteiger partial charge in [0.15, 0.2) is 0 Å². The minimum absolute atomic E-state index is 0.0833. The molecule has 0 radical (unpaired) electrons. The Morgan fingerprint density at radius 1 is 1.16 bits per heavy atom. The number of likely N-dealkylation sites (N-methyl/N-ethyl adjacent to an activating group) is 1. The number of benzodiazepines with no additional fused rings is 1. The van der Waals surface area contributed by atoms with Crippen LogP contribution in [0, 0.1) is 5.92 Å². The molecule has 0 spiro atoms. The quantitative estimate of drug-likeness (QED) is 0.420. The van der Waals surface area contributed by atoms with Crippen molar-refractivity contribution in [3.05, 3.63) is 113 Å². The third-order valence-corrected chi connectivity index (χ3v) is 6.33. The van der Waals surface area contributed by atoms with Crippen molar-refractivity contribution < 1.29 is 19.4 Å². The maximum Gasteiger partial charge on any atom is 0.272 e. The van der Waals surface area contributed by atoms with Gasteiger partial charge >= 0.3 is 0 Å². The van der Waals surface area contributed by atoms with E-state index in [1.54, 1.807) is 25.2 Å². The first-order chi connectivity index (χ1) is 17.9. The molecule has 0 fully saturated rings. The Labute approximate surface area is 221 Å². The largest absolute Gasteiger partial charge is 0.390 e. The predicted molar refractivity (Wildman–Crippen MR) is 145 cm³/mol. The molecule has 1 aliphatic rings. The summed E-state index contributed by atoms with van der Waals surface area (Å²) in [4.78, 5) is 32.7. The summed E-state index contributed by atoms with van der Waals surface area (Å²) in [6.45, 7) is 3.91. The minimum Gasteiger partial charge on any atom is -0.390 e. The van der Waals surface area contributed by atoms with Crippen molar-refractivity contribution >= 4 is 34.8 Å². The molecule has 3 aromatic rings. The molecule has 8 heteroatoms. The molecule has 37 heavy (non-hydrogen) atoms. The number of amides is 2. The van der Waals surface area contributed by atoms with Crippen molar-refractivity contribution in [3.8, 4) is 0 Å². The zero-order valence-corrected chi connectivity index (χ0v) is 21.1. The number of carbonyl (C=O) groups is 2. The Bertz CT molecular complexity index is 1300. The number of carbonyl (C=O) groups excluding carboxylic acids is 2. The van der Waals surface area contributed by atoms with Crippen LogP contribution >= 0.6 is 11.6 Å². The minimum atomic E-state index is -1.22. The smallest absolute Gasteiger partial charge is 0.272 e. The summed E-state index contributed by atoms with van der Waals surface area (Å²) in [7, 11) is 1.62. The molecule has 0 bridgehead atoms. The summed E-state index contributed by atoms with van der Waals surface area (Å²) in [6.07, 6.45) is -1.04. The molecule has 190 valence electrons. The number of fused-ring (bicyclic) bond motifs is 1. The van der Waals surface area contributed by atoms with Crippen LogP contribution in [-0.4, -0.2) is 48.6 Å². The van der Waals surface area contributed by atoms with Gasteiger partial charge in [-0.3, -0.25) is 9.59 Å². The molecule has 0 aliphatic carbocycles. The van der Waals surface area contributed by atoms with Crippen LogP contribution < -0.4 is 10.2 Å². The van der Waals surface area contributed by atoms with Gasteiger partial charge in [0, 0.05) is 23.2 Å². The van der Waals surface area contributed by atoms with Crippen LogP contribution in [-0.2, 0) is 20.9 Å². The molecule has 0 aromatic heterocycles. The number of halogens is 1. The predicted octanol–water partition coefficient (Wildman–Crippen LogP) is 3.98. The number of ether oxygens (including phenoxy) is 1. The summed E-state index contributed by atoms with van der Waals surface area (Å²) in [5.41, 5.74) is 3.51. The molecular weight excluding hydrogens is 490 g/mol. The number of hydrogen-bond acceptors (Lipinski definition) is 5. The number of nitrogens with one attached hydrogen (secondary N) is 1. The van der Waals surface area contributed by atoms with Crippen LogP contribution in [0.2, 0.25) is 5.02 Å². The van der Waals surface area contributed by atoms with Gasteiger partial charge in [0.2, 0.25) is 12.1 Å². The first-order valence-electron chi connectivity index (χ1n) is 11.8. The summed E-state index contributed by atoms with van der Waals surface area (Å²) >= 11 is 6.28. The summed E-state index contributed by atoms with van der Waals surface area (Å²) in [6, 6.07) is 24.1. The zero-order valence-electron chi connectivity index (χ0n) is 20.4. The lowest BCUT2D eigenvalue weighted by atomic mass is 10.0. The van der Waals surface area contributed by atoms with Crippen LogP contribution in [0.15, 0.2) is 96.5 Å². The van der Waals surface area contributed by atoms with Gasteiger partial charge in [-0.15, -0.1) is 6.58 Å². The van der Waals surface area contributed by atoms with Crippen molar-refractivity contribution in [2.24, 2.45) is 10.9 Å². The summed E-state index contributed by atoms with van der Waals surface area (Å²) < 4.78 is 5.60. The SMILES string of the molecule is C=C[C@@H](C(=O)NC1N=C(c2ccccc2)c2cc(Cl)ccc2N(C)C1=O)[C@H](O)COCc1ccccc1. The molecule has 4 rings (SSSR count). The van der Waals surface area contributed by atoms with Gasteiger partial charge in [-0.25, -0.2) is 4.99 Å². The van der Waals surface area contributed by atoms with Crippen LogP contribution in [0.5, 0.6) is 0 Å². The fourth-order valence-corrected chi connectivity index (χ4v) is 4.28. The average Bonchev–Trinajstić information content (AvgIpc) is 3.00. The molecule has 7 nitrogen and oxygen atoms in total. The maximum atomic E-state index is 13.4. The Kier molecular flexibility index (Phi) is 8.50. The number of aliphatic hydroxyl groups excluding tert-OH is 1. The van der Waals surface area contributed by atoms with Crippen molar-refractivity contribution in [2.75, 3.05) is 18.6 Å². The summed E-state index contributed by atoms with van der Waals surface area (Å²) in [5.74, 6) is -2.03. The highest BCUT2D eigenvalue weighted by Gasteiger charge is 2.34. The number of aliphatic imine (C=N–C) groups is 1. The van der Waals surface area contributed by atoms with E-state index < -0.39 is 30.0 Å². The Balaban J connectivity index is 1.56. The van der Waals surface area contributed by atoms with E-state index in [9.17, 15) is 14.7 Å². The second-order valence-corrected chi connectivity index (χ2v) is 9.08. The molecular formula is C29H28ClN3O4. The van der Waals surface area contributed by atoms with Crippen molar-refractivity contribution in [1.29, 1.82) is 0 Å². The van der Waals surface area contributed by atoms with Crippen LogP contribution in [0.1, 0.15) is 16.7 Å². The number of benzene rings is 3. The number of rotatable bonds is 9.